The van der Waals surface area contributed by atoms with Crippen molar-refractivity contribution in [1.29, 1.82) is 0 Å². The van der Waals surface area contributed by atoms with E-state index in [0.717, 1.165) is 6.92 Å². The van der Waals surface area contributed by atoms with Crippen molar-refractivity contribution in [3.63, 3.8) is 0 Å². The molecule has 1 atom stereocenters. The Morgan fingerprint density at radius 1 is 1.06 bits per heavy atom. The van der Waals surface area contributed by atoms with Crippen LogP contribution in [0.4, 0.5) is 0 Å². The van der Waals surface area contributed by atoms with Gasteiger partial charge in [-0.15, -0.1) is 0 Å². The van der Waals surface area contributed by atoms with Crippen LogP contribution in [0.5, 0.6) is 0 Å². The van der Waals surface area contributed by atoms with Crippen LogP contribution in [0.25, 0.3) is 0 Å². The normalized spacial score (nSPS) is 16.7. The van der Waals surface area contributed by atoms with Crippen molar-refractivity contribution in [3.8, 4) is 0 Å². The van der Waals surface area contributed by atoms with Gasteiger partial charge < -0.3 is 29.4 Å². The lowest BCUT2D eigenvalue weighted by Crippen LogP contribution is -2.12. The van der Waals surface area contributed by atoms with Crippen molar-refractivity contribution in [2.24, 2.45) is 0 Å². The highest BCUT2D eigenvalue weighted by Crippen LogP contribution is 2.51. The van der Waals surface area contributed by atoms with E-state index in [1.807, 2.05) is 0 Å². The predicted molar refractivity (Wildman–Crippen MR) is 63.2 cm³/mol. The average molecular weight is 324 g/mol. The fourth-order valence-electron chi connectivity index (χ4n) is 1.30. The molecule has 0 aromatic rings. The van der Waals surface area contributed by atoms with E-state index in [-0.39, 0.29) is 5.57 Å². The van der Waals surface area contributed by atoms with Gasteiger partial charge in [-0.3, -0.25) is 13.7 Å². The molecule has 0 aliphatic rings. The van der Waals surface area contributed by atoms with Gasteiger partial charge in [-0.1, -0.05) is 5.57 Å². The standard InChI is InChI=1S/C6H15O9P3/c1-5(4-17(10,11)12)6(18(13,14)15)2-3-16(7,8)9/h4,6H,2-3H2,1H3,(H2,7,8,9)(H2,10,11,12)(H2,13,14,15). The molecule has 0 rings (SSSR count). The molecular formula is C6H15O9P3. The van der Waals surface area contributed by atoms with E-state index in [1.54, 1.807) is 0 Å². The molecule has 6 N–H and O–H groups in total. The van der Waals surface area contributed by atoms with E-state index in [9.17, 15) is 13.7 Å². The Bertz CT molecular complexity index is 451. The van der Waals surface area contributed by atoms with Gasteiger partial charge in [0.05, 0.1) is 11.8 Å². The van der Waals surface area contributed by atoms with Crippen molar-refractivity contribution >= 4 is 22.8 Å². The minimum atomic E-state index is -4.76. The Kier molecular flexibility index (Phi) is 6.16. The van der Waals surface area contributed by atoms with Gasteiger partial charge in [0.25, 0.3) is 0 Å². The van der Waals surface area contributed by atoms with E-state index in [1.165, 1.54) is 0 Å². The van der Waals surface area contributed by atoms with Gasteiger partial charge in [0, 0.05) is 5.82 Å². The maximum Gasteiger partial charge on any atom is 0.349 e. The zero-order chi connectivity index (χ0) is 14.8. The molecule has 0 saturated heterocycles. The third-order valence-electron chi connectivity index (χ3n) is 2.00. The number of hydrogen-bond acceptors (Lipinski definition) is 3. The summed E-state index contributed by atoms with van der Waals surface area (Å²) in [5.74, 6) is 0.385. The first-order chi connectivity index (χ1) is 7.72. The van der Waals surface area contributed by atoms with E-state index in [4.69, 9.17) is 29.4 Å². The quantitative estimate of drug-likeness (QED) is 0.372. The first kappa shape index (κ1) is 18.2. The Hall–Kier alpha value is 0.190. The molecule has 18 heavy (non-hydrogen) atoms. The summed E-state index contributed by atoms with van der Waals surface area (Å²) in [5, 5.41) is 0. The summed E-state index contributed by atoms with van der Waals surface area (Å²) < 4.78 is 32.4. The molecule has 108 valence electrons. The van der Waals surface area contributed by atoms with Crippen LogP contribution in [0.2, 0.25) is 0 Å². The van der Waals surface area contributed by atoms with Crippen LogP contribution in [-0.2, 0) is 13.7 Å². The first-order valence-corrected chi connectivity index (χ1v) is 9.73. The van der Waals surface area contributed by atoms with Crippen molar-refractivity contribution in [2.75, 3.05) is 6.16 Å². The largest absolute Gasteiger partial charge is 0.349 e. The average Bonchev–Trinajstić information content (AvgIpc) is 1.94. The van der Waals surface area contributed by atoms with Gasteiger partial charge in [0.15, 0.2) is 0 Å². The van der Waals surface area contributed by atoms with Gasteiger partial charge in [0.2, 0.25) is 0 Å². The molecule has 1 unspecified atom stereocenters. The summed E-state index contributed by atoms with van der Waals surface area (Å²) in [7, 11) is -13.8. The Morgan fingerprint density at radius 2 is 1.50 bits per heavy atom. The minimum absolute atomic E-state index is 0.301. The third kappa shape index (κ3) is 8.32. The second kappa shape index (κ2) is 6.09. The van der Waals surface area contributed by atoms with Gasteiger partial charge in [-0.2, -0.15) is 0 Å². The summed E-state index contributed by atoms with van der Waals surface area (Å²) in [6, 6.07) is 0. The Balaban J connectivity index is 5.16. The molecule has 0 radical (unpaired) electrons. The van der Waals surface area contributed by atoms with Crippen LogP contribution in [0.1, 0.15) is 13.3 Å². The molecule has 9 nitrogen and oxygen atoms in total. The van der Waals surface area contributed by atoms with E-state index < -0.39 is 41.0 Å². The molecule has 0 saturated carbocycles. The molecule has 12 heteroatoms. The first-order valence-electron chi connectivity index (χ1n) is 4.57. The molecule has 0 aliphatic heterocycles. The van der Waals surface area contributed by atoms with E-state index >= 15 is 0 Å². The van der Waals surface area contributed by atoms with Gasteiger partial charge >= 0.3 is 22.8 Å². The van der Waals surface area contributed by atoms with Crippen molar-refractivity contribution in [3.05, 3.63) is 11.4 Å². The van der Waals surface area contributed by atoms with Crippen molar-refractivity contribution < 1.29 is 43.1 Å². The van der Waals surface area contributed by atoms with Crippen LogP contribution in [0.3, 0.4) is 0 Å². The van der Waals surface area contributed by atoms with Gasteiger partial charge in [0.1, 0.15) is 0 Å². The SMILES string of the molecule is CC(=CP(=O)(O)O)C(CCP(=O)(O)O)P(=O)(O)O. The molecular weight excluding hydrogens is 309 g/mol. The van der Waals surface area contributed by atoms with Crippen molar-refractivity contribution in [1.82, 2.24) is 0 Å². The molecule has 0 amide bonds. The van der Waals surface area contributed by atoms with Crippen LogP contribution < -0.4 is 0 Å². The highest BCUT2D eigenvalue weighted by atomic mass is 31.2. The van der Waals surface area contributed by atoms with Gasteiger partial charge in [-0.25, -0.2) is 0 Å². The molecule has 0 heterocycles. The topological polar surface area (TPSA) is 173 Å². The zero-order valence-corrected chi connectivity index (χ0v) is 12.0. The smallest absolute Gasteiger partial charge is 0.324 e. The zero-order valence-electron chi connectivity index (χ0n) is 9.32. The molecule has 0 aromatic carbocycles. The fraction of sp³-hybridized carbons (Fsp3) is 0.667. The number of rotatable bonds is 6. The molecule has 0 aromatic heterocycles. The summed E-state index contributed by atoms with van der Waals surface area (Å²) in [4.78, 5) is 52.6. The summed E-state index contributed by atoms with van der Waals surface area (Å²) in [5.41, 5.74) is -1.93. The summed E-state index contributed by atoms with van der Waals surface area (Å²) in [6.07, 6.45) is -1.36. The highest BCUT2D eigenvalue weighted by molar-refractivity contribution is 7.55. The Labute approximate surface area is 103 Å². The second-order valence-corrected chi connectivity index (χ2v) is 8.76. The van der Waals surface area contributed by atoms with Crippen molar-refractivity contribution in [2.45, 2.75) is 19.0 Å². The lowest BCUT2D eigenvalue weighted by Gasteiger charge is -2.19. The summed E-state index contributed by atoms with van der Waals surface area (Å²) >= 11 is 0. The van der Waals surface area contributed by atoms with E-state index in [0.29, 0.717) is 5.82 Å². The van der Waals surface area contributed by atoms with Crippen LogP contribution in [0, 0.1) is 0 Å². The lowest BCUT2D eigenvalue weighted by atomic mass is 10.2. The van der Waals surface area contributed by atoms with Crippen LogP contribution in [-0.4, -0.2) is 41.2 Å². The monoisotopic (exact) mass is 324 g/mol. The highest BCUT2D eigenvalue weighted by Gasteiger charge is 2.33. The lowest BCUT2D eigenvalue weighted by molar-refractivity contribution is 0.357. The van der Waals surface area contributed by atoms with E-state index in [2.05, 4.69) is 0 Å². The fourth-order valence-corrected chi connectivity index (χ4v) is 4.00. The molecule has 0 spiro atoms. The maximum atomic E-state index is 11.1. The predicted octanol–water partition coefficient (Wildman–Crippen LogP) is 0.182. The molecule has 0 aliphatic carbocycles. The summed E-state index contributed by atoms with van der Waals surface area (Å²) in [6.45, 7) is 1.09. The third-order valence-corrected chi connectivity index (χ3v) is 5.06. The van der Waals surface area contributed by atoms with Crippen LogP contribution in [0.15, 0.2) is 11.4 Å². The second-order valence-electron chi connectivity index (χ2n) is 3.74. The maximum absolute atomic E-state index is 11.1. The number of allylic oxidation sites excluding steroid dienone is 1. The molecule has 0 fully saturated rings. The van der Waals surface area contributed by atoms with Gasteiger partial charge in [-0.05, 0) is 13.3 Å². The van der Waals surface area contributed by atoms with Crippen LogP contribution >= 0.6 is 22.8 Å². The number of hydrogen-bond donors (Lipinski definition) is 6. The minimum Gasteiger partial charge on any atom is -0.324 e. The molecule has 0 bridgehead atoms. The Morgan fingerprint density at radius 3 is 1.78 bits per heavy atom.